The van der Waals surface area contributed by atoms with Gasteiger partial charge in [-0.3, -0.25) is 9.59 Å². The second-order valence-corrected chi connectivity index (χ2v) is 6.93. The van der Waals surface area contributed by atoms with E-state index in [0.29, 0.717) is 22.8 Å². The number of amides is 1. The summed E-state index contributed by atoms with van der Waals surface area (Å²) in [6.07, 6.45) is -4.60. The minimum absolute atomic E-state index is 0.0780. The van der Waals surface area contributed by atoms with Crippen LogP contribution in [-0.2, 0) is 17.5 Å². The topological polar surface area (TPSA) is 82.5 Å². The summed E-state index contributed by atoms with van der Waals surface area (Å²) >= 11 is 5.89. The molecule has 1 amide bonds. The number of hydrogen-bond donors (Lipinski definition) is 1. The van der Waals surface area contributed by atoms with Crippen LogP contribution in [0.4, 0.5) is 18.9 Å². The first kappa shape index (κ1) is 23.1. The number of carbonyl (C=O) groups excluding carboxylic acids is 1. The summed E-state index contributed by atoms with van der Waals surface area (Å²) in [6, 6.07) is 10.3. The Kier molecular flexibility index (Phi) is 6.73. The summed E-state index contributed by atoms with van der Waals surface area (Å²) in [7, 11) is 2.96. The first-order valence-electron chi connectivity index (χ1n) is 9.09. The number of halogens is 4. The molecule has 0 radical (unpaired) electrons. The van der Waals surface area contributed by atoms with Crippen LogP contribution in [0.25, 0.3) is 11.3 Å². The van der Waals surface area contributed by atoms with E-state index in [2.05, 4.69) is 10.4 Å². The molecule has 168 valence electrons. The zero-order valence-electron chi connectivity index (χ0n) is 16.9. The second kappa shape index (κ2) is 9.31. The molecule has 0 aliphatic heterocycles. The Morgan fingerprint density at radius 1 is 1.06 bits per heavy atom. The Morgan fingerprint density at radius 2 is 1.78 bits per heavy atom. The van der Waals surface area contributed by atoms with Crippen LogP contribution in [0.2, 0.25) is 5.02 Å². The van der Waals surface area contributed by atoms with Gasteiger partial charge in [-0.05, 0) is 42.5 Å². The predicted octanol–water partition coefficient (Wildman–Crippen LogP) is 4.24. The minimum Gasteiger partial charge on any atom is -0.493 e. The molecule has 0 aliphatic rings. The SMILES string of the molecule is COc1ccc(-c2ccc(=O)n(CC(=O)Nc3cc(C(F)(F)F)ccc3Cl)n2)cc1OC. The molecule has 1 N–H and O–H groups in total. The van der Waals surface area contributed by atoms with Gasteiger partial charge in [-0.15, -0.1) is 0 Å². The van der Waals surface area contributed by atoms with Crippen molar-refractivity contribution < 1.29 is 27.4 Å². The molecule has 32 heavy (non-hydrogen) atoms. The highest BCUT2D eigenvalue weighted by Gasteiger charge is 2.31. The van der Waals surface area contributed by atoms with Gasteiger partial charge in [0, 0.05) is 11.6 Å². The van der Waals surface area contributed by atoms with Gasteiger partial charge in [0.15, 0.2) is 11.5 Å². The van der Waals surface area contributed by atoms with E-state index in [4.69, 9.17) is 21.1 Å². The lowest BCUT2D eigenvalue weighted by Crippen LogP contribution is -2.29. The van der Waals surface area contributed by atoms with Crippen molar-refractivity contribution in [3.63, 3.8) is 0 Å². The Labute approximate surface area is 185 Å². The van der Waals surface area contributed by atoms with E-state index < -0.39 is 29.8 Å². The van der Waals surface area contributed by atoms with Gasteiger partial charge < -0.3 is 14.8 Å². The number of ether oxygens (including phenoxy) is 2. The highest BCUT2D eigenvalue weighted by atomic mass is 35.5. The molecule has 7 nitrogen and oxygen atoms in total. The normalized spacial score (nSPS) is 11.2. The average Bonchev–Trinajstić information content (AvgIpc) is 2.75. The smallest absolute Gasteiger partial charge is 0.416 e. The standard InChI is InChI=1S/C21H17ClF3N3O4/c1-31-17-7-3-12(9-18(17)32-2)15-6-8-20(30)28(27-15)11-19(29)26-16-10-13(21(23,24)25)4-5-14(16)22/h3-10H,11H2,1-2H3,(H,26,29). The van der Waals surface area contributed by atoms with Crippen LogP contribution in [0.5, 0.6) is 11.5 Å². The van der Waals surface area contributed by atoms with E-state index in [0.717, 1.165) is 22.9 Å². The molecule has 0 aliphatic carbocycles. The molecule has 0 saturated heterocycles. The van der Waals surface area contributed by atoms with Crippen molar-refractivity contribution in [3.8, 4) is 22.8 Å². The number of methoxy groups -OCH3 is 2. The molecule has 11 heteroatoms. The van der Waals surface area contributed by atoms with Gasteiger partial charge in [-0.25, -0.2) is 4.68 Å². The van der Waals surface area contributed by atoms with Gasteiger partial charge in [0.05, 0.1) is 36.2 Å². The van der Waals surface area contributed by atoms with Crippen LogP contribution < -0.4 is 20.3 Å². The molecule has 0 spiro atoms. The van der Waals surface area contributed by atoms with Crippen LogP contribution in [-0.4, -0.2) is 29.9 Å². The van der Waals surface area contributed by atoms with E-state index >= 15 is 0 Å². The molecule has 0 bridgehead atoms. The number of carbonyl (C=O) groups is 1. The maximum absolute atomic E-state index is 12.9. The third-order valence-corrected chi connectivity index (χ3v) is 4.74. The Morgan fingerprint density at radius 3 is 2.44 bits per heavy atom. The van der Waals surface area contributed by atoms with Crippen molar-refractivity contribution >= 4 is 23.2 Å². The monoisotopic (exact) mass is 467 g/mol. The number of nitrogens with zero attached hydrogens (tertiary/aromatic N) is 2. The highest BCUT2D eigenvalue weighted by molar-refractivity contribution is 6.33. The van der Waals surface area contributed by atoms with Crippen LogP contribution >= 0.6 is 11.6 Å². The van der Waals surface area contributed by atoms with Crippen LogP contribution in [0.15, 0.2) is 53.3 Å². The zero-order chi connectivity index (χ0) is 23.5. The average molecular weight is 468 g/mol. The van der Waals surface area contributed by atoms with E-state index in [9.17, 15) is 22.8 Å². The Bertz CT molecular complexity index is 1210. The van der Waals surface area contributed by atoms with Crippen molar-refractivity contribution in [1.29, 1.82) is 0 Å². The summed E-state index contributed by atoms with van der Waals surface area (Å²) in [5, 5.41) is 6.37. The van der Waals surface area contributed by atoms with Gasteiger partial charge in [-0.1, -0.05) is 11.6 Å². The summed E-state index contributed by atoms with van der Waals surface area (Å²) in [5.74, 6) is 0.175. The molecule has 0 unspecified atom stereocenters. The molecule has 0 atom stereocenters. The van der Waals surface area contributed by atoms with Gasteiger partial charge >= 0.3 is 6.18 Å². The number of alkyl halides is 3. The molecular weight excluding hydrogens is 451 g/mol. The van der Waals surface area contributed by atoms with Crippen molar-refractivity contribution in [2.24, 2.45) is 0 Å². The maximum atomic E-state index is 12.9. The lowest BCUT2D eigenvalue weighted by atomic mass is 10.1. The number of hydrogen-bond acceptors (Lipinski definition) is 5. The molecule has 3 aromatic rings. The Hall–Kier alpha value is -3.53. The molecule has 1 heterocycles. The third kappa shape index (κ3) is 5.20. The summed E-state index contributed by atoms with van der Waals surface area (Å²) < 4.78 is 50.1. The van der Waals surface area contributed by atoms with Crippen molar-refractivity contribution in [2.75, 3.05) is 19.5 Å². The molecule has 1 aromatic heterocycles. The third-order valence-electron chi connectivity index (χ3n) is 4.41. The number of rotatable bonds is 6. The van der Waals surface area contributed by atoms with Gasteiger partial charge in [-0.2, -0.15) is 18.3 Å². The second-order valence-electron chi connectivity index (χ2n) is 6.52. The summed E-state index contributed by atoms with van der Waals surface area (Å²) in [5.41, 5.74) is -0.800. The fourth-order valence-electron chi connectivity index (χ4n) is 2.83. The minimum atomic E-state index is -4.60. The first-order chi connectivity index (χ1) is 15.1. The molecular formula is C21H17ClF3N3O4. The summed E-state index contributed by atoms with van der Waals surface area (Å²) in [6.45, 7) is -0.535. The first-order valence-corrected chi connectivity index (χ1v) is 9.47. The van der Waals surface area contributed by atoms with E-state index in [1.54, 1.807) is 18.2 Å². The zero-order valence-corrected chi connectivity index (χ0v) is 17.6. The molecule has 3 rings (SSSR count). The van der Waals surface area contributed by atoms with Gasteiger partial charge in [0.25, 0.3) is 5.56 Å². The van der Waals surface area contributed by atoms with Crippen LogP contribution in [0, 0.1) is 0 Å². The fraction of sp³-hybridized carbons (Fsp3) is 0.190. The largest absolute Gasteiger partial charge is 0.493 e. The van der Waals surface area contributed by atoms with Crippen molar-refractivity contribution in [2.45, 2.75) is 12.7 Å². The molecule has 2 aromatic carbocycles. The Balaban J connectivity index is 1.84. The number of anilines is 1. The van der Waals surface area contributed by atoms with Gasteiger partial charge in [0.2, 0.25) is 5.91 Å². The van der Waals surface area contributed by atoms with E-state index in [-0.39, 0.29) is 10.7 Å². The van der Waals surface area contributed by atoms with Gasteiger partial charge in [0.1, 0.15) is 6.54 Å². The lowest BCUT2D eigenvalue weighted by molar-refractivity contribution is -0.137. The highest BCUT2D eigenvalue weighted by Crippen LogP contribution is 2.34. The lowest BCUT2D eigenvalue weighted by Gasteiger charge is -2.13. The number of benzene rings is 2. The van der Waals surface area contributed by atoms with Crippen molar-refractivity contribution in [1.82, 2.24) is 9.78 Å². The number of aromatic nitrogens is 2. The van der Waals surface area contributed by atoms with Crippen LogP contribution in [0.3, 0.4) is 0 Å². The predicted molar refractivity (Wildman–Crippen MR) is 112 cm³/mol. The summed E-state index contributed by atoms with van der Waals surface area (Å²) in [4.78, 5) is 24.6. The molecule has 0 saturated carbocycles. The van der Waals surface area contributed by atoms with Crippen molar-refractivity contribution in [3.05, 3.63) is 69.5 Å². The van der Waals surface area contributed by atoms with E-state index in [1.165, 1.54) is 26.4 Å². The maximum Gasteiger partial charge on any atom is 0.416 e. The molecule has 0 fully saturated rings. The quantitative estimate of drug-likeness (QED) is 0.586. The fourth-order valence-corrected chi connectivity index (χ4v) is 3.00. The number of nitrogens with one attached hydrogen (secondary N) is 1. The van der Waals surface area contributed by atoms with E-state index in [1.807, 2.05) is 0 Å². The van der Waals surface area contributed by atoms with Crippen LogP contribution in [0.1, 0.15) is 5.56 Å².